The molecule has 2 aliphatic rings. The van der Waals surface area contributed by atoms with Gasteiger partial charge in [-0.2, -0.15) is 0 Å². The summed E-state index contributed by atoms with van der Waals surface area (Å²) >= 11 is 5.27. The van der Waals surface area contributed by atoms with Gasteiger partial charge in [0.2, 0.25) is 11.8 Å². The molecule has 0 aromatic rings. The number of amides is 2. The average molecular weight is 429 g/mol. The van der Waals surface area contributed by atoms with Gasteiger partial charge in [-0.05, 0) is 43.2 Å². The zero-order valence-electron chi connectivity index (χ0n) is 18.7. The predicted octanol–water partition coefficient (Wildman–Crippen LogP) is 3.32. The van der Waals surface area contributed by atoms with Crippen LogP contribution < -0.4 is 5.32 Å². The lowest BCUT2D eigenvalue weighted by Crippen LogP contribution is -2.67. The maximum absolute atomic E-state index is 13.2. The Morgan fingerprint density at radius 3 is 2.32 bits per heavy atom. The van der Waals surface area contributed by atoms with Gasteiger partial charge in [0.05, 0.1) is 30.0 Å². The second-order valence-corrected chi connectivity index (χ2v) is 15.1. The third kappa shape index (κ3) is 4.28. The van der Waals surface area contributed by atoms with E-state index in [0.29, 0.717) is 6.61 Å². The van der Waals surface area contributed by atoms with Crippen molar-refractivity contribution in [2.75, 3.05) is 6.61 Å². The Labute approximate surface area is 175 Å². The largest absolute Gasteiger partial charge is 0.468 e. The molecular formula is C20H36N2O4SSi. The Balaban J connectivity index is 2.13. The second-order valence-electron chi connectivity index (χ2n) is 10.0. The van der Waals surface area contributed by atoms with Crippen LogP contribution in [0.25, 0.3) is 0 Å². The van der Waals surface area contributed by atoms with Crippen LogP contribution in [-0.2, 0) is 18.8 Å². The van der Waals surface area contributed by atoms with E-state index < -0.39 is 14.2 Å². The van der Waals surface area contributed by atoms with Crippen LogP contribution in [-0.4, -0.2) is 55.0 Å². The highest BCUT2D eigenvalue weighted by Gasteiger charge is 2.52. The van der Waals surface area contributed by atoms with E-state index in [-0.39, 0.29) is 52.1 Å². The minimum atomic E-state index is -2.01. The molecule has 160 valence electrons. The normalized spacial score (nSPS) is 27.9. The van der Waals surface area contributed by atoms with Crippen LogP contribution in [0.4, 0.5) is 0 Å². The number of nitrogens with one attached hydrogen (secondary N) is 1. The molecule has 0 aromatic carbocycles. The molecule has 0 bridgehead atoms. The van der Waals surface area contributed by atoms with Crippen LogP contribution in [0.2, 0.25) is 18.1 Å². The monoisotopic (exact) mass is 428 g/mol. The maximum atomic E-state index is 13.2. The summed E-state index contributed by atoms with van der Waals surface area (Å²) in [7, 11) is -2.01. The Hall–Kier alpha value is -0.993. The van der Waals surface area contributed by atoms with Crippen LogP contribution in [0.15, 0.2) is 0 Å². The number of carbonyl (C=O) groups is 2. The molecule has 2 aliphatic heterocycles. The third-order valence-corrected chi connectivity index (χ3v) is 11.5. The van der Waals surface area contributed by atoms with Crippen molar-refractivity contribution in [1.29, 1.82) is 0 Å². The Bertz CT molecular complexity index is 647. The van der Waals surface area contributed by atoms with Gasteiger partial charge in [0.1, 0.15) is 6.61 Å². The summed E-state index contributed by atoms with van der Waals surface area (Å²) in [5.41, 5.74) is 0. The predicted molar refractivity (Wildman–Crippen MR) is 116 cm³/mol. The number of rotatable bonds is 6. The molecule has 0 spiro atoms. The van der Waals surface area contributed by atoms with Gasteiger partial charge >= 0.3 is 0 Å². The highest BCUT2D eigenvalue weighted by atomic mass is 32.1. The van der Waals surface area contributed by atoms with E-state index >= 15 is 0 Å². The van der Waals surface area contributed by atoms with Crippen molar-refractivity contribution in [2.45, 2.75) is 84.8 Å². The van der Waals surface area contributed by atoms with Gasteiger partial charge in [0.25, 0.3) is 5.17 Å². The molecule has 2 heterocycles. The first kappa shape index (κ1) is 23.3. The fourth-order valence-electron chi connectivity index (χ4n) is 3.63. The van der Waals surface area contributed by atoms with Gasteiger partial charge in [0.15, 0.2) is 8.32 Å². The number of thiocarbonyl (C=S) groups is 1. The van der Waals surface area contributed by atoms with Crippen molar-refractivity contribution >= 4 is 37.5 Å². The molecule has 2 saturated heterocycles. The van der Waals surface area contributed by atoms with Crippen molar-refractivity contribution in [2.24, 2.45) is 17.8 Å². The summed E-state index contributed by atoms with van der Waals surface area (Å²) in [6, 6.07) is -0.312. The van der Waals surface area contributed by atoms with Gasteiger partial charge in [0, 0.05) is 0 Å². The molecule has 0 saturated carbocycles. The van der Waals surface area contributed by atoms with E-state index in [1.807, 2.05) is 13.8 Å². The smallest absolute Gasteiger partial charge is 0.266 e. The molecule has 2 amide bonds. The van der Waals surface area contributed by atoms with E-state index in [2.05, 4.69) is 53.0 Å². The van der Waals surface area contributed by atoms with Crippen LogP contribution in [0, 0.1) is 17.8 Å². The standard InChI is InChI=1S/C20H36N2O4SSi/c1-11(2)14-10-25-19(27)22(14)18(24)12(3)16-15(17(23)21-16)13(4)26-28(8,9)20(5,6)7/h11-16H,10H2,1-9H3,(H,21,23)/t12-,13-,14-,15-,16-/m1/s1. The minimum absolute atomic E-state index is 0.0449. The summed E-state index contributed by atoms with van der Waals surface area (Å²) in [5, 5.41) is 3.22. The molecule has 5 atom stereocenters. The summed E-state index contributed by atoms with van der Waals surface area (Å²) in [6.45, 7) is 19.2. The van der Waals surface area contributed by atoms with Crippen LogP contribution in [0.5, 0.6) is 0 Å². The molecule has 0 aromatic heterocycles. The van der Waals surface area contributed by atoms with E-state index in [1.165, 1.54) is 0 Å². The van der Waals surface area contributed by atoms with Gasteiger partial charge in [-0.15, -0.1) is 0 Å². The van der Waals surface area contributed by atoms with Crippen molar-refractivity contribution in [1.82, 2.24) is 10.2 Å². The molecule has 2 fully saturated rings. The van der Waals surface area contributed by atoms with Crippen molar-refractivity contribution < 1.29 is 18.8 Å². The third-order valence-electron chi connectivity index (χ3n) is 6.63. The van der Waals surface area contributed by atoms with Crippen LogP contribution in [0.1, 0.15) is 48.5 Å². The zero-order valence-corrected chi connectivity index (χ0v) is 20.5. The molecule has 0 radical (unpaired) electrons. The van der Waals surface area contributed by atoms with Crippen LogP contribution in [0.3, 0.4) is 0 Å². The molecule has 1 N–H and O–H groups in total. The lowest BCUT2D eigenvalue weighted by atomic mass is 9.78. The number of hydrogen-bond donors (Lipinski definition) is 1. The zero-order chi connectivity index (χ0) is 21.6. The topological polar surface area (TPSA) is 67.9 Å². The minimum Gasteiger partial charge on any atom is -0.468 e. The number of ether oxygens (including phenoxy) is 1. The van der Waals surface area contributed by atoms with Crippen molar-refractivity contribution in [3.8, 4) is 0 Å². The van der Waals surface area contributed by atoms with E-state index in [4.69, 9.17) is 21.4 Å². The lowest BCUT2D eigenvalue weighted by molar-refractivity contribution is -0.147. The van der Waals surface area contributed by atoms with E-state index in [9.17, 15) is 9.59 Å². The molecular weight excluding hydrogens is 392 g/mol. The molecule has 0 aliphatic carbocycles. The summed E-state index contributed by atoms with van der Waals surface area (Å²) in [4.78, 5) is 27.2. The Morgan fingerprint density at radius 2 is 1.86 bits per heavy atom. The fourth-order valence-corrected chi connectivity index (χ4v) is 5.35. The van der Waals surface area contributed by atoms with Crippen molar-refractivity contribution in [3.05, 3.63) is 0 Å². The highest BCUT2D eigenvalue weighted by Crippen LogP contribution is 2.40. The van der Waals surface area contributed by atoms with Gasteiger partial charge in [-0.1, -0.05) is 41.5 Å². The first-order valence-corrected chi connectivity index (χ1v) is 13.5. The number of hydrogen-bond acceptors (Lipinski definition) is 5. The second kappa shape index (κ2) is 8.03. The molecule has 6 nitrogen and oxygen atoms in total. The number of nitrogens with zero attached hydrogens (tertiary/aromatic N) is 1. The summed E-state index contributed by atoms with van der Waals surface area (Å²) < 4.78 is 11.9. The SMILES string of the molecule is CC(C)[C@H]1COC(=S)N1C(=O)[C@H](C)[C@H]1NC(=O)[C@@H]1[C@@H](C)O[Si](C)(C)C(C)(C)C. The Morgan fingerprint density at radius 1 is 1.29 bits per heavy atom. The molecule has 28 heavy (non-hydrogen) atoms. The first-order valence-electron chi connectivity index (χ1n) is 10.2. The van der Waals surface area contributed by atoms with Crippen LogP contribution >= 0.6 is 12.2 Å². The number of carbonyl (C=O) groups excluding carboxylic acids is 2. The van der Waals surface area contributed by atoms with Gasteiger partial charge in [-0.3, -0.25) is 14.5 Å². The maximum Gasteiger partial charge on any atom is 0.266 e. The van der Waals surface area contributed by atoms with E-state index in [0.717, 1.165) is 0 Å². The molecule has 0 unspecified atom stereocenters. The average Bonchev–Trinajstić information content (AvgIpc) is 2.91. The molecule has 2 rings (SSSR count). The highest BCUT2D eigenvalue weighted by molar-refractivity contribution is 7.80. The summed E-state index contributed by atoms with van der Waals surface area (Å²) in [5.74, 6) is -0.617. The summed E-state index contributed by atoms with van der Waals surface area (Å²) in [6.07, 6.45) is -0.238. The van der Waals surface area contributed by atoms with Gasteiger partial charge < -0.3 is 14.5 Å². The Kier molecular flexibility index (Phi) is 6.68. The van der Waals surface area contributed by atoms with E-state index in [1.54, 1.807) is 4.90 Å². The van der Waals surface area contributed by atoms with Crippen molar-refractivity contribution in [3.63, 3.8) is 0 Å². The fraction of sp³-hybridized carbons (Fsp3) is 0.850. The lowest BCUT2D eigenvalue weighted by Gasteiger charge is -2.47. The molecule has 8 heteroatoms. The van der Waals surface area contributed by atoms with Gasteiger partial charge in [-0.25, -0.2) is 0 Å². The quantitative estimate of drug-likeness (QED) is 0.399. The first-order chi connectivity index (χ1) is 12.7. The number of β-lactam (4-membered cyclic amide) rings is 1.